The highest BCUT2D eigenvalue weighted by Crippen LogP contribution is 2.27. The summed E-state index contributed by atoms with van der Waals surface area (Å²) in [5, 5.41) is 0.218. The molecular weight excluding hydrogens is 274 g/mol. The number of ketones is 1. The number of Topliss-reactive ketones (excluding diaryl/α,β-unsaturated/α-hetero) is 1. The first-order valence-electron chi connectivity index (χ1n) is 5.00. The Kier molecular flexibility index (Phi) is 3.81. The van der Waals surface area contributed by atoms with Crippen LogP contribution in [-0.4, -0.2) is 21.8 Å². The van der Waals surface area contributed by atoms with Crippen molar-refractivity contribution in [3.63, 3.8) is 0 Å². The number of hydrogen-bond donors (Lipinski definition) is 0. The van der Waals surface area contributed by atoms with E-state index in [1.165, 1.54) is 6.42 Å². The van der Waals surface area contributed by atoms with Gasteiger partial charge < -0.3 is 0 Å². The van der Waals surface area contributed by atoms with Gasteiger partial charge in [-0.2, -0.15) is 11.8 Å². The van der Waals surface area contributed by atoms with E-state index in [1.807, 2.05) is 12.1 Å². The Morgan fingerprint density at radius 2 is 2.47 bits per heavy atom. The monoisotopic (exact) mass is 285 g/mol. The number of aromatic nitrogens is 1. The number of hydrogen-bond acceptors (Lipinski definition) is 3. The van der Waals surface area contributed by atoms with E-state index >= 15 is 0 Å². The molecule has 1 aromatic heterocycles. The molecule has 0 amide bonds. The van der Waals surface area contributed by atoms with Gasteiger partial charge in [0.25, 0.3) is 0 Å². The minimum Gasteiger partial charge on any atom is -0.298 e. The zero-order chi connectivity index (χ0) is 10.7. The van der Waals surface area contributed by atoms with Crippen LogP contribution < -0.4 is 0 Å². The van der Waals surface area contributed by atoms with Crippen molar-refractivity contribution in [2.45, 2.75) is 24.5 Å². The van der Waals surface area contributed by atoms with Gasteiger partial charge in [0.15, 0.2) is 5.78 Å². The van der Waals surface area contributed by atoms with Crippen molar-refractivity contribution in [3.8, 4) is 0 Å². The first-order chi connectivity index (χ1) is 7.25. The van der Waals surface area contributed by atoms with Crippen LogP contribution in [0.4, 0.5) is 0 Å². The molecule has 1 fully saturated rings. The lowest BCUT2D eigenvalue weighted by molar-refractivity contribution is -0.118. The Bertz CT molecular complexity index is 346. The Balaban J connectivity index is 1.96. The third kappa shape index (κ3) is 3.05. The van der Waals surface area contributed by atoms with Crippen molar-refractivity contribution in [3.05, 3.63) is 28.5 Å². The normalized spacial score (nSPS) is 20.5. The van der Waals surface area contributed by atoms with Gasteiger partial charge in [-0.3, -0.25) is 9.78 Å². The summed E-state index contributed by atoms with van der Waals surface area (Å²) >= 11 is 5.11. The highest BCUT2D eigenvalue weighted by atomic mass is 79.9. The fraction of sp³-hybridized carbons (Fsp3) is 0.455. The maximum Gasteiger partial charge on any atom is 0.151 e. The van der Waals surface area contributed by atoms with Gasteiger partial charge in [-0.25, -0.2) is 0 Å². The number of carbonyl (C=O) groups excluding carboxylic acids is 1. The Hall–Kier alpha value is -0.350. The average molecular weight is 286 g/mol. The summed E-state index contributed by atoms with van der Waals surface area (Å²) in [6.07, 6.45) is 4.43. The number of halogens is 1. The van der Waals surface area contributed by atoms with E-state index in [2.05, 4.69) is 20.9 Å². The van der Waals surface area contributed by atoms with E-state index in [1.54, 1.807) is 18.0 Å². The van der Waals surface area contributed by atoms with Gasteiger partial charge in [-0.05, 0) is 46.7 Å². The fourth-order valence-corrected chi connectivity index (χ4v) is 3.09. The van der Waals surface area contributed by atoms with Crippen LogP contribution in [0, 0.1) is 0 Å². The highest BCUT2D eigenvalue weighted by molar-refractivity contribution is 9.10. The lowest BCUT2D eigenvalue weighted by atomic mass is 10.1. The SMILES string of the molecule is O=C(Cc1ccc(Br)cn1)C1CCCS1. The predicted molar refractivity (Wildman–Crippen MR) is 66.1 cm³/mol. The van der Waals surface area contributed by atoms with Crippen molar-refractivity contribution in [2.24, 2.45) is 0 Å². The molecule has 1 aliphatic rings. The molecule has 2 heterocycles. The van der Waals surface area contributed by atoms with Crippen molar-refractivity contribution in [2.75, 3.05) is 5.75 Å². The lowest BCUT2D eigenvalue weighted by Gasteiger charge is -2.06. The first kappa shape index (κ1) is 11.1. The summed E-state index contributed by atoms with van der Waals surface area (Å²) < 4.78 is 0.953. The van der Waals surface area contributed by atoms with E-state index in [9.17, 15) is 4.79 Å². The number of thioether (sulfide) groups is 1. The number of pyridine rings is 1. The summed E-state index contributed by atoms with van der Waals surface area (Å²) in [6.45, 7) is 0. The van der Waals surface area contributed by atoms with Crippen LogP contribution in [0.25, 0.3) is 0 Å². The van der Waals surface area contributed by atoms with E-state index in [0.717, 1.165) is 22.3 Å². The Morgan fingerprint density at radius 1 is 1.60 bits per heavy atom. The van der Waals surface area contributed by atoms with E-state index in [4.69, 9.17) is 0 Å². The zero-order valence-electron chi connectivity index (χ0n) is 8.28. The summed E-state index contributed by atoms with van der Waals surface area (Å²) in [5.41, 5.74) is 0.871. The second kappa shape index (κ2) is 5.12. The van der Waals surface area contributed by atoms with Gasteiger partial charge in [-0.1, -0.05) is 0 Å². The molecule has 4 heteroatoms. The maximum atomic E-state index is 11.8. The first-order valence-corrected chi connectivity index (χ1v) is 6.84. The number of carbonyl (C=O) groups is 1. The highest BCUT2D eigenvalue weighted by Gasteiger charge is 2.23. The molecule has 2 rings (SSSR count). The largest absolute Gasteiger partial charge is 0.298 e. The van der Waals surface area contributed by atoms with Crippen LogP contribution >= 0.6 is 27.7 Å². The quantitative estimate of drug-likeness (QED) is 0.856. The zero-order valence-corrected chi connectivity index (χ0v) is 10.7. The van der Waals surface area contributed by atoms with E-state index in [0.29, 0.717) is 12.2 Å². The molecule has 1 aliphatic heterocycles. The number of rotatable bonds is 3. The number of nitrogens with zero attached hydrogens (tertiary/aromatic N) is 1. The third-order valence-corrected chi connectivity index (χ3v) is 4.33. The minimum atomic E-state index is 0.218. The maximum absolute atomic E-state index is 11.8. The van der Waals surface area contributed by atoms with Crippen molar-refractivity contribution in [1.82, 2.24) is 4.98 Å². The molecule has 0 N–H and O–H groups in total. The van der Waals surface area contributed by atoms with E-state index < -0.39 is 0 Å². The molecule has 0 spiro atoms. The van der Waals surface area contributed by atoms with Crippen LogP contribution in [0.5, 0.6) is 0 Å². The molecule has 0 radical (unpaired) electrons. The summed E-state index contributed by atoms with van der Waals surface area (Å²) in [5.74, 6) is 1.46. The molecule has 1 unspecified atom stereocenters. The molecule has 0 aliphatic carbocycles. The molecule has 1 aromatic rings. The predicted octanol–water partition coefficient (Wildman–Crippen LogP) is 2.85. The summed E-state index contributed by atoms with van der Waals surface area (Å²) in [4.78, 5) is 16.0. The molecule has 2 nitrogen and oxygen atoms in total. The Morgan fingerprint density at radius 3 is 3.07 bits per heavy atom. The van der Waals surface area contributed by atoms with E-state index in [-0.39, 0.29) is 5.25 Å². The molecule has 0 saturated carbocycles. The van der Waals surface area contributed by atoms with Crippen LogP contribution in [0.15, 0.2) is 22.8 Å². The summed E-state index contributed by atoms with van der Waals surface area (Å²) in [7, 11) is 0. The van der Waals surface area contributed by atoms with Crippen molar-refractivity contribution in [1.29, 1.82) is 0 Å². The molecule has 0 aromatic carbocycles. The second-order valence-electron chi connectivity index (χ2n) is 3.61. The van der Waals surface area contributed by atoms with Crippen LogP contribution in [0.1, 0.15) is 18.5 Å². The van der Waals surface area contributed by atoms with Crippen molar-refractivity contribution < 1.29 is 4.79 Å². The van der Waals surface area contributed by atoms with Gasteiger partial charge in [0, 0.05) is 22.8 Å². The van der Waals surface area contributed by atoms with Crippen LogP contribution in [0.3, 0.4) is 0 Å². The second-order valence-corrected chi connectivity index (χ2v) is 5.84. The molecule has 1 atom stereocenters. The molecule has 80 valence electrons. The van der Waals surface area contributed by atoms with Gasteiger partial charge in [0.2, 0.25) is 0 Å². The fourth-order valence-electron chi connectivity index (χ4n) is 1.63. The lowest BCUT2D eigenvalue weighted by Crippen LogP contribution is -2.16. The molecule has 0 bridgehead atoms. The minimum absolute atomic E-state index is 0.218. The third-order valence-electron chi connectivity index (χ3n) is 2.43. The van der Waals surface area contributed by atoms with Crippen LogP contribution in [0.2, 0.25) is 0 Å². The molecule has 15 heavy (non-hydrogen) atoms. The van der Waals surface area contributed by atoms with Gasteiger partial charge in [-0.15, -0.1) is 0 Å². The standard InChI is InChI=1S/C11H12BrNOS/c12-8-3-4-9(13-7-8)6-10(14)11-2-1-5-15-11/h3-4,7,11H,1-2,5-6H2. The van der Waals surface area contributed by atoms with Gasteiger partial charge in [0.1, 0.15) is 0 Å². The smallest absolute Gasteiger partial charge is 0.151 e. The van der Waals surface area contributed by atoms with Gasteiger partial charge >= 0.3 is 0 Å². The van der Waals surface area contributed by atoms with Crippen LogP contribution in [-0.2, 0) is 11.2 Å². The molecular formula is C11H12BrNOS. The van der Waals surface area contributed by atoms with Gasteiger partial charge in [0.05, 0.1) is 5.25 Å². The topological polar surface area (TPSA) is 30.0 Å². The molecule has 1 saturated heterocycles. The summed E-state index contributed by atoms with van der Waals surface area (Å²) in [6, 6.07) is 3.83. The Labute approximate surface area is 102 Å². The average Bonchev–Trinajstić information content (AvgIpc) is 2.74. The van der Waals surface area contributed by atoms with Crippen molar-refractivity contribution >= 4 is 33.5 Å².